The van der Waals surface area contributed by atoms with Crippen molar-refractivity contribution in [3.63, 3.8) is 0 Å². The van der Waals surface area contributed by atoms with Crippen molar-refractivity contribution in [2.24, 2.45) is 0 Å². The molecule has 0 N–H and O–H groups in total. The molecule has 0 unspecified atom stereocenters. The lowest BCUT2D eigenvalue weighted by Crippen LogP contribution is -2.61. The molecule has 5 heteroatoms. The fourth-order valence-corrected chi connectivity index (χ4v) is 10.2. The highest BCUT2D eigenvalue weighted by Crippen LogP contribution is 2.47. The first-order chi connectivity index (χ1) is 29.9. The molecule has 0 fully saturated rings. The lowest BCUT2D eigenvalue weighted by molar-refractivity contribution is 0.590. The lowest BCUT2D eigenvalue weighted by Gasteiger charge is -2.45. The zero-order valence-electron chi connectivity index (χ0n) is 36.3. The van der Waals surface area contributed by atoms with Gasteiger partial charge in [-0.1, -0.05) is 133 Å². The van der Waals surface area contributed by atoms with Crippen LogP contribution in [-0.4, -0.2) is 6.71 Å². The van der Waals surface area contributed by atoms with Crippen LogP contribution < -0.4 is 26.2 Å². The maximum atomic E-state index is 6.54. The molecule has 10 aromatic rings. The third kappa shape index (κ3) is 5.47. The number of aryl methyl sites for hydroxylation is 1. The van der Waals surface area contributed by atoms with Gasteiger partial charge < -0.3 is 18.6 Å². The molecular weight excluding hydrogens is 755 g/mol. The predicted molar refractivity (Wildman–Crippen MR) is 263 cm³/mol. The third-order valence-electron chi connectivity index (χ3n) is 13.4. The molecule has 4 nitrogen and oxygen atoms in total. The molecule has 0 amide bonds. The Labute approximate surface area is 363 Å². The second kappa shape index (κ2) is 13.0. The maximum Gasteiger partial charge on any atom is 0.252 e. The van der Waals surface area contributed by atoms with Gasteiger partial charge in [-0.15, -0.1) is 0 Å². The van der Waals surface area contributed by atoms with Crippen LogP contribution in [0.1, 0.15) is 58.2 Å². The van der Waals surface area contributed by atoms with E-state index >= 15 is 0 Å². The first-order valence-electron chi connectivity index (χ1n) is 21.9. The van der Waals surface area contributed by atoms with Crippen LogP contribution in [0.5, 0.6) is 0 Å². The minimum absolute atomic E-state index is 0.0225. The Morgan fingerprint density at radius 1 is 0.435 bits per heavy atom. The summed E-state index contributed by atoms with van der Waals surface area (Å²) in [6.45, 7) is 16.1. The molecule has 0 radical (unpaired) electrons. The van der Waals surface area contributed by atoms with Crippen LogP contribution in [0.2, 0.25) is 0 Å². The van der Waals surface area contributed by atoms with E-state index in [-0.39, 0.29) is 17.5 Å². The van der Waals surface area contributed by atoms with E-state index in [1.807, 2.05) is 12.1 Å². The van der Waals surface area contributed by atoms with Gasteiger partial charge in [0.1, 0.15) is 22.3 Å². The number of hydrogen-bond acceptors (Lipinski definition) is 4. The summed E-state index contributed by atoms with van der Waals surface area (Å²) in [5.74, 6) is 0. The van der Waals surface area contributed by atoms with Gasteiger partial charge in [-0.25, -0.2) is 0 Å². The molecule has 12 rings (SSSR count). The molecule has 2 aliphatic heterocycles. The summed E-state index contributed by atoms with van der Waals surface area (Å²) in [6, 6.07) is 58.2. The summed E-state index contributed by atoms with van der Waals surface area (Å²) in [5, 5.41) is 4.54. The van der Waals surface area contributed by atoms with Crippen molar-refractivity contribution >= 4 is 101 Å². The molecule has 0 spiro atoms. The molecule has 2 aliphatic rings. The highest BCUT2D eigenvalue weighted by atomic mass is 16.3. The summed E-state index contributed by atoms with van der Waals surface area (Å²) in [4.78, 5) is 5.01. The van der Waals surface area contributed by atoms with E-state index in [9.17, 15) is 0 Å². The fourth-order valence-electron chi connectivity index (χ4n) is 10.2. The number of rotatable bonds is 3. The molecule has 0 saturated heterocycles. The molecule has 62 heavy (non-hydrogen) atoms. The van der Waals surface area contributed by atoms with E-state index in [2.05, 4.69) is 204 Å². The summed E-state index contributed by atoms with van der Waals surface area (Å²) in [5.41, 5.74) is 20.6. The Bertz CT molecular complexity index is 3470. The van der Waals surface area contributed by atoms with Crippen molar-refractivity contribution in [3.05, 3.63) is 174 Å². The first kappa shape index (κ1) is 36.8. The van der Waals surface area contributed by atoms with Gasteiger partial charge >= 0.3 is 0 Å². The van der Waals surface area contributed by atoms with Gasteiger partial charge in [0, 0.05) is 67.3 Å². The number of furan rings is 2. The molecule has 0 saturated carbocycles. The van der Waals surface area contributed by atoms with Gasteiger partial charge in [0.05, 0.1) is 0 Å². The highest BCUT2D eigenvalue weighted by Gasteiger charge is 2.44. The van der Waals surface area contributed by atoms with E-state index in [1.165, 1.54) is 55.8 Å². The van der Waals surface area contributed by atoms with Gasteiger partial charge in [0.15, 0.2) is 0 Å². The number of anilines is 6. The van der Waals surface area contributed by atoms with Crippen LogP contribution in [0.25, 0.3) is 55.0 Å². The van der Waals surface area contributed by atoms with Crippen LogP contribution in [0.15, 0.2) is 167 Å². The van der Waals surface area contributed by atoms with Crippen LogP contribution in [0.4, 0.5) is 34.1 Å². The van der Waals surface area contributed by atoms with Gasteiger partial charge in [-0.2, -0.15) is 0 Å². The summed E-state index contributed by atoms with van der Waals surface area (Å²) >= 11 is 0. The van der Waals surface area contributed by atoms with E-state index in [0.717, 1.165) is 66.4 Å². The van der Waals surface area contributed by atoms with Crippen molar-refractivity contribution < 1.29 is 8.83 Å². The molecule has 0 bridgehead atoms. The van der Waals surface area contributed by atoms with Gasteiger partial charge in [-0.3, -0.25) is 0 Å². The third-order valence-corrected chi connectivity index (χ3v) is 13.4. The van der Waals surface area contributed by atoms with Crippen LogP contribution in [0, 0.1) is 6.92 Å². The van der Waals surface area contributed by atoms with Gasteiger partial charge in [0.2, 0.25) is 0 Å². The largest absolute Gasteiger partial charge is 0.456 e. The van der Waals surface area contributed by atoms with Crippen molar-refractivity contribution in [1.29, 1.82) is 0 Å². The molecule has 0 aliphatic carbocycles. The standard InChI is InChI=1S/C57H47BN2O2/c1-34-29-49-54-50(30-34)60(39-25-26-43-41-13-8-10-17-51(41)61-53(43)33-39)48-32-37(57(5,6)7)21-27-45(48)58(54)46-31-36(56(2,3)4)22-28-47(46)59(49)38-23-19-35(20-24-38)40-15-12-16-44-42-14-9-11-18-52(42)62-55(40)44/h8-33H,1-7H3. The predicted octanol–water partition coefficient (Wildman–Crippen LogP) is 14.1. The molecule has 300 valence electrons. The van der Waals surface area contributed by atoms with E-state index in [0.29, 0.717) is 0 Å². The molecule has 2 aromatic heterocycles. The number of nitrogens with zero attached hydrogens (tertiary/aromatic N) is 2. The van der Waals surface area contributed by atoms with E-state index < -0.39 is 0 Å². The Kier molecular flexibility index (Phi) is 7.73. The summed E-state index contributed by atoms with van der Waals surface area (Å²) in [7, 11) is 0. The molecular formula is C57H47BN2O2. The molecule has 0 atom stereocenters. The van der Waals surface area contributed by atoms with Gasteiger partial charge in [0.25, 0.3) is 6.71 Å². The monoisotopic (exact) mass is 802 g/mol. The summed E-state index contributed by atoms with van der Waals surface area (Å²) < 4.78 is 13.0. The van der Waals surface area contributed by atoms with Gasteiger partial charge in [-0.05, 0) is 117 Å². The SMILES string of the molecule is Cc1cc2c3c(c1)N(c1ccc4c(c1)oc1ccccc14)c1cc(C(C)(C)C)ccc1B3c1cc(C(C)(C)C)ccc1N2c1ccc(-c2cccc3c2oc2ccccc23)cc1. The minimum atomic E-state index is -0.0375. The number of hydrogen-bond donors (Lipinski definition) is 0. The quantitative estimate of drug-likeness (QED) is 0.167. The topological polar surface area (TPSA) is 32.8 Å². The highest BCUT2D eigenvalue weighted by molar-refractivity contribution is 7.00. The summed E-state index contributed by atoms with van der Waals surface area (Å²) in [6.07, 6.45) is 0. The Hall–Kier alpha value is -6.98. The smallest absolute Gasteiger partial charge is 0.252 e. The average molecular weight is 803 g/mol. The normalized spacial score (nSPS) is 13.6. The van der Waals surface area contributed by atoms with E-state index in [1.54, 1.807) is 0 Å². The number of fused-ring (bicyclic) bond motifs is 10. The van der Waals surface area contributed by atoms with Crippen LogP contribution >= 0.6 is 0 Å². The number of para-hydroxylation sites is 3. The second-order valence-corrected chi connectivity index (χ2v) is 19.5. The Balaban J connectivity index is 1.09. The lowest BCUT2D eigenvalue weighted by atomic mass is 9.33. The van der Waals surface area contributed by atoms with Crippen molar-refractivity contribution in [2.75, 3.05) is 9.80 Å². The zero-order valence-corrected chi connectivity index (χ0v) is 36.3. The van der Waals surface area contributed by atoms with Crippen molar-refractivity contribution in [2.45, 2.75) is 59.3 Å². The van der Waals surface area contributed by atoms with Crippen LogP contribution in [0.3, 0.4) is 0 Å². The first-order valence-corrected chi connectivity index (χ1v) is 21.9. The number of benzene rings is 8. The second-order valence-electron chi connectivity index (χ2n) is 19.5. The molecule has 8 aromatic carbocycles. The Morgan fingerprint density at radius 2 is 1.03 bits per heavy atom. The average Bonchev–Trinajstić information content (AvgIpc) is 3.83. The van der Waals surface area contributed by atoms with Crippen molar-refractivity contribution in [1.82, 2.24) is 0 Å². The zero-order chi connectivity index (χ0) is 42.2. The minimum Gasteiger partial charge on any atom is -0.456 e. The van der Waals surface area contributed by atoms with Crippen molar-refractivity contribution in [3.8, 4) is 11.1 Å². The Morgan fingerprint density at radius 3 is 1.76 bits per heavy atom. The van der Waals surface area contributed by atoms with Crippen LogP contribution in [-0.2, 0) is 10.8 Å². The molecule has 4 heterocycles. The fraction of sp³-hybridized carbons (Fsp3) is 0.158. The maximum absolute atomic E-state index is 6.54. The van der Waals surface area contributed by atoms with E-state index in [4.69, 9.17) is 8.83 Å².